The van der Waals surface area contributed by atoms with Gasteiger partial charge in [0, 0.05) is 12.7 Å². The van der Waals surface area contributed by atoms with Crippen LogP contribution in [-0.4, -0.2) is 27.4 Å². The normalized spacial score (nSPS) is 10.1. The monoisotopic (exact) mass is 196 g/mol. The van der Waals surface area contributed by atoms with E-state index in [0.717, 1.165) is 11.3 Å². The fourth-order valence-corrected chi connectivity index (χ4v) is 1.15. The van der Waals surface area contributed by atoms with Gasteiger partial charge in [-0.2, -0.15) is 0 Å². The molecule has 0 radical (unpaired) electrons. The fourth-order valence-electron chi connectivity index (χ4n) is 1.15. The third kappa shape index (κ3) is 3.36. The number of methoxy groups -OCH3 is 2. The molecule has 0 saturated carbocycles. The van der Waals surface area contributed by atoms with Crippen LogP contribution in [0, 0.1) is 0 Å². The van der Waals surface area contributed by atoms with E-state index in [1.54, 1.807) is 14.2 Å². The molecule has 0 amide bonds. The van der Waals surface area contributed by atoms with Crippen LogP contribution in [0.1, 0.15) is 5.56 Å². The molecule has 0 spiro atoms. The van der Waals surface area contributed by atoms with Crippen molar-refractivity contribution in [3.05, 3.63) is 29.8 Å². The summed E-state index contributed by atoms with van der Waals surface area (Å²) in [4.78, 5) is 0. The summed E-state index contributed by atoms with van der Waals surface area (Å²) in [5.41, 5.74) is 1.06. The standard InChI is InChI=1S/C11H16O3/c1-12-7-8-14-9-10-5-3-4-6-11(10)13-2/h3-6H,7-9H2,1-2H3. The molecule has 1 aromatic carbocycles. The SMILES string of the molecule is COCCOCc1ccccc1OC. The van der Waals surface area contributed by atoms with E-state index < -0.39 is 0 Å². The number of hydrogen-bond donors (Lipinski definition) is 0. The van der Waals surface area contributed by atoms with Gasteiger partial charge in [-0.25, -0.2) is 0 Å². The molecule has 0 fully saturated rings. The predicted molar refractivity (Wildman–Crippen MR) is 54.5 cm³/mol. The molecule has 0 heterocycles. The molecule has 0 bridgehead atoms. The van der Waals surface area contributed by atoms with Crippen LogP contribution in [0.3, 0.4) is 0 Å². The average molecular weight is 196 g/mol. The van der Waals surface area contributed by atoms with Crippen molar-refractivity contribution < 1.29 is 14.2 Å². The van der Waals surface area contributed by atoms with Crippen molar-refractivity contribution in [1.82, 2.24) is 0 Å². The van der Waals surface area contributed by atoms with Gasteiger partial charge in [-0.1, -0.05) is 18.2 Å². The summed E-state index contributed by atoms with van der Waals surface area (Å²) in [6.45, 7) is 1.79. The molecule has 1 aromatic rings. The minimum absolute atomic E-state index is 0.563. The van der Waals surface area contributed by atoms with Crippen LogP contribution < -0.4 is 4.74 Å². The van der Waals surface area contributed by atoms with Crippen LogP contribution in [0.25, 0.3) is 0 Å². The van der Waals surface area contributed by atoms with E-state index >= 15 is 0 Å². The van der Waals surface area contributed by atoms with Crippen LogP contribution in [0.15, 0.2) is 24.3 Å². The second-order valence-electron chi connectivity index (χ2n) is 2.86. The first kappa shape index (κ1) is 11.0. The Hall–Kier alpha value is -1.06. The number of benzene rings is 1. The maximum absolute atomic E-state index is 5.40. The zero-order chi connectivity index (χ0) is 10.2. The number of ether oxygens (including phenoxy) is 3. The Bertz CT molecular complexity index is 260. The van der Waals surface area contributed by atoms with Crippen molar-refractivity contribution >= 4 is 0 Å². The molecule has 3 nitrogen and oxygen atoms in total. The van der Waals surface area contributed by atoms with Crippen molar-refractivity contribution in [2.24, 2.45) is 0 Å². The Morgan fingerprint density at radius 1 is 1.07 bits per heavy atom. The highest BCUT2D eigenvalue weighted by Gasteiger charge is 2.00. The Balaban J connectivity index is 2.41. The average Bonchev–Trinajstić information content (AvgIpc) is 2.25. The van der Waals surface area contributed by atoms with E-state index in [9.17, 15) is 0 Å². The Kier molecular flexibility index (Phi) is 5.04. The van der Waals surface area contributed by atoms with Crippen LogP contribution in [0.4, 0.5) is 0 Å². The summed E-state index contributed by atoms with van der Waals surface area (Å²) in [6, 6.07) is 7.83. The number of hydrogen-bond acceptors (Lipinski definition) is 3. The van der Waals surface area contributed by atoms with Crippen molar-refractivity contribution in [3.63, 3.8) is 0 Å². The zero-order valence-corrected chi connectivity index (χ0v) is 8.66. The molecule has 0 aliphatic heterocycles. The van der Waals surface area contributed by atoms with Gasteiger partial charge < -0.3 is 14.2 Å². The predicted octanol–water partition coefficient (Wildman–Crippen LogP) is 1.86. The van der Waals surface area contributed by atoms with Gasteiger partial charge in [-0.05, 0) is 6.07 Å². The molecule has 0 aliphatic carbocycles. The first-order valence-corrected chi connectivity index (χ1v) is 4.57. The summed E-state index contributed by atoms with van der Waals surface area (Å²) in [6.07, 6.45) is 0. The van der Waals surface area contributed by atoms with Crippen LogP contribution >= 0.6 is 0 Å². The van der Waals surface area contributed by atoms with E-state index in [2.05, 4.69) is 0 Å². The van der Waals surface area contributed by atoms with Crippen molar-refractivity contribution in [2.45, 2.75) is 6.61 Å². The molecule has 0 aromatic heterocycles. The molecule has 14 heavy (non-hydrogen) atoms. The lowest BCUT2D eigenvalue weighted by atomic mass is 10.2. The summed E-state index contributed by atoms with van der Waals surface area (Å²) < 4.78 is 15.5. The van der Waals surface area contributed by atoms with Crippen molar-refractivity contribution in [3.8, 4) is 5.75 Å². The van der Waals surface area contributed by atoms with E-state index in [4.69, 9.17) is 14.2 Å². The number of para-hydroxylation sites is 1. The highest BCUT2D eigenvalue weighted by Crippen LogP contribution is 2.17. The van der Waals surface area contributed by atoms with E-state index in [-0.39, 0.29) is 0 Å². The van der Waals surface area contributed by atoms with Gasteiger partial charge in [0.25, 0.3) is 0 Å². The van der Waals surface area contributed by atoms with Gasteiger partial charge in [0.15, 0.2) is 0 Å². The van der Waals surface area contributed by atoms with Crippen LogP contribution in [0.2, 0.25) is 0 Å². The maximum Gasteiger partial charge on any atom is 0.124 e. The summed E-state index contributed by atoms with van der Waals surface area (Å²) in [5, 5.41) is 0. The molecule has 0 saturated heterocycles. The van der Waals surface area contributed by atoms with Gasteiger partial charge in [0.1, 0.15) is 5.75 Å². The summed E-state index contributed by atoms with van der Waals surface area (Å²) in [7, 11) is 3.32. The highest BCUT2D eigenvalue weighted by molar-refractivity contribution is 5.32. The fraction of sp³-hybridized carbons (Fsp3) is 0.455. The maximum atomic E-state index is 5.40. The molecular formula is C11H16O3. The molecule has 0 atom stereocenters. The third-order valence-corrected chi connectivity index (χ3v) is 1.88. The lowest BCUT2D eigenvalue weighted by Crippen LogP contribution is -2.02. The van der Waals surface area contributed by atoms with E-state index in [1.807, 2.05) is 24.3 Å². The van der Waals surface area contributed by atoms with Gasteiger partial charge in [0.2, 0.25) is 0 Å². The minimum Gasteiger partial charge on any atom is -0.496 e. The molecule has 3 heteroatoms. The minimum atomic E-state index is 0.563. The molecule has 0 unspecified atom stereocenters. The van der Waals surface area contributed by atoms with E-state index in [0.29, 0.717) is 19.8 Å². The number of rotatable bonds is 6. The first-order valence-electron chi connectivity index (χ1n) is 4.57. The molecule has 1 rings (SSSR count). The van der Waals surface area contributed by atoms with E-state index in [1.165, 1.54) is 0 Å². The summed E-state index contributed by atoms with van der Waals surface area (Å²) >= 11 is 0. The van der Waals surface area contributed by atoms with Crippen molar-refractivity contribution in [1.29, 1.82) is 0 Å². The van der Waals surface area contributed by atoms with Gasteiger partial charge in [-0.3, -0.25) is 0 Å². The van der Waals surface area contributed by atoms with Crippen LogP contribution in [-0.2, 0) is 16.1 Å². The van der Waals surface area contributed by atoms with Gasteiger partial charge >= 0.3 is 0 Å². The topological polar surface area (TPSA) is 27.7 Å². The Morgan fingerprint density at radius 3 is 2.57 bits per heavy atom. The molecule has 0 N–H and O–H groups in total. The largest absolute Gasteiger partial charge is 0.496 e. The first-order chi connectivity index (χ1) is 6.88. The Labute approximate surface area is 84.6 Å². The lowest BCUT2D eigenvalue weighted by Gasteiger charge is -2.08. The van der Waals surface area contributed by atoms with Gasteiger partial charge in [0.05, 0.1) is 26.9 Å². The summed E-state index contributed by atoms with van der Waals surface area (Å²) in [5.74, 6) is 0.866. The quantitative estimate of drug-likeness (QED) is 0.650. The highest BCUT2D eigenvalue weighted by atomic mass is 16.5. The van der Waals surface area contributed by atoms with Gasteiger partial charge in [-0.15, -0.1) is 0 Å². The molecular weight excluding hydrogens is 180 g/mol. The van der Waals surface area contributed by atoms with Crippen molar-refractivity contribution in [2.75, 3.05) is 27.4 Å². The second kappa shape index (κ2) is 6.40. The Morgan fingerprint density at radius 2 is 1.86 bits per heavy atom. The van der Waals surface area contributed by atoms with Crippen LogP contribution in [0.5, 0.6) is 5.75 Å². The smallest absolute Gasteiger partial charge is 0.124 e. The second-order valence-corrected chi connectivity index (χ2v) is 2.86. The zero-order valence-electron chi connectivity index (χ0n) is 8.66. The molecule has 78 valence electrons. The molecule has 0 aliphatic rings. The lowest BCUT2D eigenvalue weighted by molar-refractivity contribution is 0.0608. The third-order valence-electron chi connectivity index (χ3n) is 1.88.